The lowest BCUT2D eigenvalue weighted by atomic mass is 9.89. The van der Waals surface area contributed by atoms with Crippen LogP contribution in [0.5, 0.6) is 0 Å². The third-order valence-corrected chi connectivity index (χ3v) is 3.93. The van der Waals surface area contributed by atoms with Gasteiger partial charge in [-0.25, -0.2) is 0 Å². The van der Waals surface area contributed by atoms with Crippen LogP contribution in [-0.2, 0) is 9.59 Å². The molecule has 0 heterocycles. The second-order valence-corrected chi connectivity index (χ2v) is 5.39. The quantitative estimate of drug-likeness (QED) is 0.801. The first-order chi connectivity index (χ1) is 8.82. The minimum Gasteiger partial charge on any atom is -0.481 e. The number of carboxylic acids is 2. The van der Waals surface area contributed by atoms with Crippen LogP contribution >= 0.6 is 0 Å². The van der Waals surface area contributed by atoms with E-state index >= 15 is 0 Å². The van der Waals surface area contributed by atoms with Gasteiger partial charge in [0.1, 0.15) is 0 Å². The number of hydrogen-bond acceptors (Lipinski definition) is 2. The highest BCUT2D eigenvalue weighted by Gasteiger charge is 2.25. The summed E-state index contributed by atoms with van der Waals surface area (Å²) in [7, 11) is 0. The van der Waals surface area contributed by atoms with Crippen molar-refractivity contribution in [1.29, 1.82) is 0 Å². The Morgan fingerprint density at radius 2 is 2.00 bits per heavy atom. The Morgan fingerprint density at radius 3 is 2.53 bits per heavy atom. The predicted octanol–water partition coefficient (Wildman–Crippen LogP) is 3.24. The van der Waals surface area contributed by atoms with Crippen LogP contribution in [0.25, 0.3) is 0 Å². The largest absolute Gasteiger partial charge is 0.481 e. The van der Waals surface area contributed by atoms with E-state index in [1.165, 1.54) is 5.57 Å². The van der Waals surface area contributed by atoms with Crippen molar-refractivity contribution in [3.8, 4) is 0 Å². The van der Waals surface area contributed by atoms with Gasteiger partial charge in [0, 0.05) is 6.42 Å². The van der Waals surface area contributed by atoms with Gasteiger partial charge in [-0.1, -0.05) is 24.1 Å². The van der Waals surface area contributed by atoms with Gasteiger partial charge in [-0.05, 0) is 44.6 Å². The second kappa shape index (κ2) is 6.55. The fourth-order valence-corrected chi connectivity index (χ4v) is 2.39. The first-order valence-corrected chi connectivity index (χ1v) is 6.65. The molecular formula is C15H22O4. The summed E-state index contributed by atoms with van der Waals surface area (Å²) < 4.78 is 0. The molecule has 0 radical (unpaired) electrons. The fraction of sp³-hybridized carbons (Fsp3) is 0.600. The minimum absolute atomic E-state index is 0.115. The Labute approximate surface area is 113 Å². The highest BCUT2D eigenvalue weighted by molar-refractivity contribution is 5.76. The molecule has 0 aromatic heterocycles. The van der Waals surface area contributed by atoms with Gasteiger partial charge in [0.2, 0.25) is 0 Å². The summed E-state index contributed by atoms with van der Waals surface area (Å²) in [4.78, 5) is 22.1. The van der Waals surface area contributed by atoms with Gasteiger partial charge in [0.15, 0.2) is 0 Å². The van der Waals surface area contributed by atoms with Crippen LogP contribution in [0, 0.1) is 11.8 Å². The topological polar surface area (TPSA) is 74.6 Å². The molecule has 0 aliphatic heterocycles. The van der Waals surface area contributed by atoms with E-state index in [2.05, 4.69) is 6.92 Å². The third-order valence-electron chi connectivity index (χ3n) is 3.93. The molecule has 0 fully saturated rings. The first kappa shape index (κ1) is 15.5. The zero-order valence-electron chi connectivity index (χ0n) is 11.8. The summed E-state index contributed by atoms with van der Waals surface area (Å²) >= 11 is 0. The summed E-state index contributed by atoms with van der Waals surface area (Å²) in [5.74, 6) is -2.15. The Balaban J connectivity index is 3.04. The van der Waals surface area contributed by atoms with E-state index < -0.39 is 17.9 Å². The van der Waals surface area contributed by atoms with E-state index in [-0.39, 0.29) is 12.8 Å². The van der Waals surface area contributed by atoms with Crippen LogP contribution in [0.1, 0.15) is 46.5 Å². The van der Waals surface area contributed by atoms with E-state index in [1.54, 1.807) is 0 Å². The molecule has 1 aliphatic carbocycles. The van der Waals surface area contributed by atoms with Gasteiger partial charge < -0.3 is 10.2 Å². The van der Waals surface area contributed by atoms with Crippen LogP contribution in [0.3, 0.4) is 0 Å². The van der Waals surface area contributed by atoms with Gasteiger partial charge in [-0.15, -0.1) is 0 Å². The standard InChI is InChI=1S/C15H22O4/c1-9-4-5-10(2)13(8-11(9)3)12(15(18)19)6-7-14(16)17/h8-9,12H,4-7H2,1-3H3,(H,16,17)(H,18,19)/t9-,12+/m0/s1. The zero-order valence-corrected chi connectivity index (χ0v) is 11.8. The molecule has 2 atom stereocenters. The van der Waals surface area contributed by atoms with Crippen LogP contribution in [-0.4, -0.2) is 22.2 Å². The molecule has 0 aromatic carbocycles. The molecule has 2 N–H and O–H groups in total. The number of carboxylic acid groups (broad SMARTS) is 2. The lowest BCUT2D eigenvalue weighted by molar-refractivity contribution is -0.141. The Kier molecular flexibility index (Phi) is 5.33. The molecule has 1 rings (SSSR count). The van der Waals surface area contributed by atoms with E-state index in [0.717, 1.165) is 24.0 Å². The van der Waals surface area contributed by atoms with Crippen LogP contribution in [0.2, 0.25) is 0 Å². The molecule has 0 amide bonds. The lowest BCUT2D eigenvalue weighted by Crippen LogP contribution is -2.18. The molecule has 19 heavy (non-hydrogen) atoms. The van der Waals surface area contributed by atoms with Crippen molar-refractivity contribution in [3.63, 3.8) is 0 Å². The molecule has 0 aromatic rings. The molecular weight excluding hydrogens is 244 g/mol. The normalized spacial score (nSPS) is 21.6. The van der Waals surface area contributed by atoms with Crippen LogP contribution in [0.15, 0.2) is 22.8 Å². The maximum Gasteiger partial charge on any atom is 0.310 e. The summed E-state index contributed by atoms with van der Waals surface area (Å²) in [6.45, 7) is 6.10. The van der Waals surface area contributed by atoms with Gasteiger partial charge in [0.25, 0.3) is 0 Å². The van der Waals surface area contributed by atoms with Crippen LogP contribution < -0.4 is 0 Å². The van der Waals surface area contributed by atoms with Crippen molar-refractivity contribution < 1.29 is 19.8 Å². The zero-order chi connectivity index (χ0) is 14.6. The average molecular weight is 266 g/mol. The summed E-state index contributed by atoms with van der Waals surface area (Å²) in [5.41, 5.74) is 3.05. The maximum absolute atomic E-state index is 11.4. The molecule has 0 saturated heterocycles. The minimum atomic E-state index is -0.952. The van der Waals surface area contributed by atoms with Gasteiger partial charge in [-0.3, -0.25) is 9.59 Å². The highest BCUT2D eigenvalue weighted by atomic mass is 16.4. The Bertz CT molecular complexity index is 431. The SMILES string of the molecule is CC1=CC([C@@H](CCC(=O)O)C(=O)O)=C(C)CC[C@@H]1C. The summed E-state index contributed by atoms with van der Waals surface area (Å²) in [6.07, 6.45) is 3.88. The monoisotopic (exact) mass is 266 g/mol. The summed E-state index contributed by atoms with van der Waals surface area (Å²) in [5, 5.41) is 18.1. The van der Waals surface area contributed by atoms with E-state index in [0.29, 0.717) is 5.92 Å². The molecule has 106 valence electrons. The lowest BCUT2D eigenvalue weighted by Gasteiger charge is -2.15. The molecule has 1 aliphatic rings. The van der Waals surface area contributed by atoms with E-state index in [9.17, 15) is 14.7 Å². The number of carbonyl (C=O) groups is 2. The van der Waals surface area contributed by atoms with Crippen molar-refractivity contribution >= 4 is 11.9 Å². The maximum atomic E-state index is 11.4. The molecule has 0 unspecified atom stereocenters. The number of aliphatic carboxylic acids is 2. The smallest absolute Gasteiger partial charge is 0.310 e. The molecule has 0 saturated carbocycles. The highest BCUT2D eigenvalue weighted by Crippen LogP contribution is 2.32. The molecule has 0 bridgehead atoms. The van der Waals surface area contributed by atoms with Crippen molar-refractivity contribution in [2.24, 2.45) is 11.8 Å². The van der Waals surface area contributed by atoms with Gasteiger partial charge in [0.05, 0.1) is 5.92 Å². The van der Waals surface area contributed by atoms with Crippen molar-refractivity contribution in [2.75, 3.05) is 0 Å². The summed E-state index contributed by atoms with van der Waals surface area (Å²) in [6, 6.07) is 0. The number of allylic oxidation sites excluding steroid dienone is 3. The Morgan fingerprint density at radius 1 is 1.37 bits per heavy atom. The van der Waals surface area contributed by atoms with Gasteiger partial charge >= 0.3 is 11.9 Å². The number of hydrogen-bond donors (Lipinski definition) is 2. The van der Waals surface area contributed by atoms with Crippen molar-refractivity contribution in [2.45, 2.75) is 46.5 Å². The molecule has 0 spiro atoms. The number of rotatable bonds is 5. The molecule has 4 heteroatoms. The second-order valence-electron chi connectivity index (χ2n) is 5.39. The van der Waals surface area contributed by atoms with Crippen molar-refractivity contribution in [3.05, 3.63) is 22.8 Å². The average Bonchev–Trinajstić information content (AvgIpc) is 2.43. The fourth-order valence-electron chi connectivity index (χ4n) is 2.39. The van der Waals surface area contributed by atoms with E-state index in [1.807, 2.05) is 19.9 Å². The van der Waals surface area contributed by atoms with Crippen LogP contribution in [0.4, 0.5) is 0 Å². The van der Waals surface area contributed by atoms with E-state index in [4.69, 9.17) is 5.11 Å². The third kappa shape index (κ3) is 4.23. The Hall–Kier alpha value is -1.58. The molecule has 4 nitrogen and oxygen atoms in total. The first-order valence-electron chi connectivity index (χ1n) is 6.65. The predicted molar refractivity (Wildman–Crippen MR) is 72.9 cm³/mol. The van der Waals surface area contributed by atoms with Crippen molar-refractivity contribution in [1.82, 2.24) is 0 Å². The van der Waals surface area contributed by atoms with Gasteiger partial charge in [-0.2, -0.15) is 0 Å².